The van der Waals surface area contributed by atoms with Crippen LogP contribution < -0.4 is 10.5 Å². The van der Waals surface area contributed by atoms with Gasteiger partial charge in [0.05, 0.1) is 4.90 Å². The van der Waals surface area contributed by atoms with Crippen molar-refractivity contribution in [1.82, 2.24) is 9.71 Å². The number of aryl methyl sites for hydroxylation is 1. The Morgan fingerprint density at radius 3 is 2.71 bits per heavy atom. The van der Waals surface area contributed by atoms with E-state index in [1.165, 1.54) is 6.07 Å². The summed E-state index contributed by atoms with van der Waals surface area (Å²) < 4.78 is 27.4. The predicted molar refractivity (Wildman–Crippen MR) is 85.3 cm³/mol. The van der Waals surface area contributed by atoms with Gasteiger partial charge in [-0.15, -0.1) is 0 Å². The van der Waals surface area contributed by atoms with Gasteiger partial charge in [0, 0.05) is 24.5 Å². The second-order valence-electron chi connectivity index (χ2n) is 4.49. The lowest BCUT2D eigenvalue weighted by atomic mass is 10.2. The minimum Gasteiger partial charge on any atom is -0.389 e. The van der Waals surface area contributed by atoms with E-state index < -0.39 is 10.0 Å². The maximum absolute atomic E-state index is 12.4. The third-order valence-electron chi connectivity index (χ3n) is 3.03. The van der Waals surface area contributed by atoms with Crippen LogP contribution in [-0.2, 0) is 16.6 Å². The molecule has 1 heterocycles. The zero-order chi connectivity index (χ0) is 15.5. The molecule has 3 N–H and O–H groups in total. The van der Waals surface area contributed by atoms with Gasteiger partial charge < -0.3 is 5.73 Å². The molecular formula is C14H15N3O2S2. The van der Waals surface area contributed by atoms with Gasteiger partial charge in [-0.2, -0.15) is 0 Å². The highest BCUT2D eigenvalue weighted by Gasteiger charge is 2.19. The first-order valence-electron chi connectivity index (χ1n) is 6.20. The molecule has 7 heteroatoms. The number of hydrogen-bond donors (Lipinski definition) is 2. The molecule has 1 aromatic carbocycles. The number of sulfonamides is 1. The topological polar surface area (TPSA) is 85.1 Å². The molecule has 0 aliphatic carbocycles. The van der Waals surface area contributed by atoms with Crippen molar-refractivity contribution in [2.24, 2.45) is 5.73 Å². The summed E-state index contributed by atoms with van der Waals surface area (Å²) in [6.07, 6.45) is 3.31. The number of thiocarbonyl (C=S) groups is 1. The zero-order valence-electron chi connectivity index (χ0n) is 11.4. The van der Waals surface area contributed by atoms with Gasteiger partial charge in [-0.25, -0.2) is 13.1 Å². The third-order valence-corrected chi connectivity index (χ3v) is 4.71. The smallest absolute Gasteiger partial charge is 0.241 e. The molecule has 0 bridgehead atoms. The van der Waals surface area contributed by atoms with Crippen molar-refractivity contribution in [1.29, 1.82) is 0 Å². The maximum Gasteiger partial charge on any atom is 0.241 e. The second-order valence-corrected chi connectivity index (χ2v) is 6.66. The molecule has 0 aliphatic heterocycles. The van der Waals surface area contributed by atoms with Crippen LogP contribution in [0.3, 0.4) is 0 Å². The van der Waals surface area contributed by atoms with Crippen molar-refractivity contribution in [3.05, 3.63) is 59.4 Å². The number of benzene rings is 1. The molecule has 0 spiro atoms. The first-order valence-corrected chi connectivity index (χ1v) is 8.09. The first kappa shape index (κ1) is 15.6. The first-order chi connectivity index (χ1) is 9.92. The Labute approximate surface area is 129 Å². The molecule has 0 atom stereocenters. The number of nitrogens with zero attached hydrogens (tertiary/aromatic N) is 1. The third kappa shape index (κ3) is 3.63. The van der Waals surface area contributed by atoms with Crippen molar-refractivity contribution in [3.63, 3.8) is 0 Å². The average molecular weight is 321 g/mol. The Morgan fingerprint density at radius 1 is 1.33 bits per heavy atom. The number of rotatable bonds is 5. The summed E-state index contributed by atoms with van der Waals surface area (Å²) in [6, 6.07) is 8.18. The Kier molecular flexibility index (Phi) is 4.66. The summed E-state index contributed by atoms with van der Waals surface area (Å²) >= 11 is 4.89. The summed E-state index contributed by atoms with van der Waals surface area (Å²) in [5.41, 5.74) is 7.69. The molecule has 0 unspecified atom stereocenters. The molecule has 0 radical (unpaired) electrons. The van der Waals surface area contributed by atoms with Crippen molar-refractivity contribution >= 4 is 27.2 Å². The van der Waals surface area contributed by atoms with Crippen LogP contribution in [0.5, 0.6) is 0 Å². The normalized spacial score (nSPS) is 11.3. The van der Waals surface area contributed by atoms with Gasteiger partial charge in [0.1, 0.15) is 4.99 Å². The molecule has 0 amide bonds. The highest BCUT2D eigenvalue weighted by atomic mass is 32.2. The monoisotopic (exact) mass is 321 g/mol. The number of pyridine rings is 1. The molecule has 0 aliphatic rings. The van der Waals surface area contributed by atoms with Crippen LogP contribution >= 0.6 is 12.2 Å². The van der Waals surface area contributed by atoms with Crippen molar-refractivity contribution in [2.75, 3.05) is 0 Å². The summed E-state index contributed by atoms with van der Waals surface area (Å²) in [5.74, 6) is 0. The van der Waals surface area contributed by atoms with Crippen molar-refractivity contribution in [2.45, 2.75) is 18.4 Å². The highest BCUT2D eigenvalue weighted by Crippen LogP contribution is 2.16. The van der Waals surface area contributed by atoms with Gasteiger partial charge in [-0.05, 0) is 30.2 Å². The molecular weight excluding hydrogens is 306 g/mol. The SMILES string of the molecule is Cc1cnccc1CNS(=O)(=O)c1ccccc1C(N)=S. The van der Waals surface area contributed by atoms with E-state index in [2.05, 4.69) is 9.71 Å². The van der Waals surface area contributed by atoms with Gasteiger partial charge in [0.15, 0.2) is 0 Å². The summed E-state index contributed by atoms with van der Waals surface area (Å²) in [5, 5.41) is 0. The van der Waals surface area contributed by atoms with E-state index in [0.717, 1.165) is 11.1 Å². The molecule has 2 aromatic rings. The maximum atomic E-state index is 12.4. The number of hydrogen-bond acceptors (Lipinski definition) is 4. The van der Waals surface area contributed by atoms with E-state index in [1.807, 2.05) is 6.92 Å². The van der Waals surface area contributed by atoms with Gasteiger partial charge in [0.25, 0.3) is 0 Å². The van der Waals surface area contributed by atoms with Crippen molar-refractivity contribution < 1.29 is 8.42 Å². The second kappa shape index (κ2) is 6.30. The van der Waals surface area contributed by atoms with E-state index in [1.54, 1.807) is 36.7 Å². The van der Waals surface area contributed by atoms with E-state index >= 15 is 0 Å². The highest BCUT2D eigenvalue weighted by molar-refractivity contribution is 7.89. The number of nitrogens with two attached hydrogens (primary N) is 1. The summed E-state index contributed by atoms with van der Waals surface area (Å²) in [4.78, 5) is 4.11. The molecule has 2 rings (SSSR count). The fourth-order valence-corrected chi connectivity index (χ4v) is 3.32. The van der Waals surface area contributed by atoms with Gasteiger partial charge in [-0.1, -0.05) is 30.4 Å². The molecule has 5 nitrogen and oxygen atoms in total. The van der Waals surface area contributed by atoms with Gasteiger partial charge in [0.2, 0.25) is 10.0 Å². The average Bonchev–Trinajstić information content (AvgIpc) is 2.46. The predicted octanol–water partition coefficient (Wildman–Crippen LogP) is 1.50. The Balaban J connectivity index is 2.28. The molecule has 0 saturated carbocycles. The van der Waals surface area contributed by atoms with Crippen LogP contribution in [0.1, 0.15) is 16.7 Å². The van der Waals surface area contributed by atoms with E-state index in [0.29, 0.717) is 5.56 Å². The number of nitrogens with one attached hydrogen (secondary N) is 1. The molecule has 1 aromatic heterocycles. The van der Waals surface area contributed by atoms with Crippen LogP contribution in [0.15, 0.2) is 47.6 Å². The van der Waals surface area contributed by atoms with Crippen LogP contribution in [0.25, 0.3) is 0 Å². The van der Waals surface area contributed by atoms with E-state index in [-0.39, 0.29) is 16.4 Å². The quantitative estimate of drug-likeness (QED) is 0.815. The largest absolute Gasteiger partial charge is 0.389 e. The zero-order valence-corrected chi connectivity index (χ0v) is 13.0. The van der Waals surface area contributed by atoms with Crippen LogP contribution in [0, 0.1) is 6.92 Å². The van der Waals surface area contributed by atoms with Crippen LogP contribution in [0.4, 0.5) is 0 Å². The minimum atomic E-state index is -3.69. The molecule has 21 heavy (non-hydrogen) atoms. The lowest BCUT2D eigenvalue weighted by molar-refractivity contribution is 0.581. The summed E-state index contributed by atoms with van der Waals surface area (Å²) in [6.45, 7) is 2.06. The molecule has 0 fully saturated rings. The standard InChI is InChI=1S/C14H15N3O2S2/c1-10-8-16-7-6-11(10)9-17-21(18,19)13-5-3-2-4-12(13)14(15)20/h2-8,17H,9H2,1H3,(H2,15,20). The fraction of sp³-hybridized carbons (Fsp3) is 0.143. The lowest BCUT2D eigenvalue weighted by Gasteiger charge is -2.11. The summed E-state index contributed by atoms with van der Waals surface area (Å²) in [7, 11) is -3.69. The van der Waals surface area contributed by atoms with E-state index in [9.17, 15) is 8.42 Å². The lowest BCUT2D eigenvalue weighted by Crippen LogP contribution is -2.26. The molecule has 0 saturated heterocycles. The van der Waals surface area contributed by atoms with E-state index in [4.69, 9.17) is 18.0 Å². The molecule has 110 valence electrons. The van der Waals surface area contributed by atoms with Crippen LogP contribution in [-0.4, -0.2) is 18.4 Å². The van der Waals surface area contributed by atoms with Crippen molar-refractivity contribution in [3.8, 4) is 0 Å². The Morgan fingerprint density at radius 2 is 2.05 bits per heavy atom. The minimum absolute atomic E-state index is 0.0519. The van der Waals surface area contributed by atoms with Gasteiger partial charge in [-0.3, -0.25) is 4.98 Å². The Bertz CT molecular complexity index is 773. The van der Waals surface area contributed by atoms with Crippen LogP contribution in [0.2, 0.25) is 0 Å². The fourth-order valence-electron chi connectivity index (χ4n) is 1.86. The number of aromatic nitrogens is 1. The van der Waals surface area contributed by atoms with Gasteiger partial charge >= 0.3 is 0 Å². The Hall–Kier alpha value is -1.83.